The number of hydrogen-bond acceptors (Lipinski definition) is 5. The van der Waals surface area contributed by atoms with Crippen LogP contribution in [0.25, 0.3) is 5.69 Å². The lowest BCUT2D eigenvalue weighted by Gasteiger charge is -2.17. The maximum atomic E-state index is 13.3. The maximum Gasteiger partial charge on any atom is 0.418 e. The lowest BCUT2D eigenvalue weighted by Crippen LogP contribution is -2.23. The summed E-state index contributed by atoms with van der Waals surface area (Å²) in [6, 6.07) is 3.50. The Morgan fingerprint density at radius 3 is 2.68 bits per heavy atom. The highest BCUT2D eigenvalue weighted by Gasteiger charge is 2.35. The van der Waals surface area contributed by atoms with Crippen molar-refractivity contribution in [1.29, 1.82) is 0 Å². The van der Waals surface area contributed by atoms with Crippen molar-refractivity contribution in [2.75, 3.05) is 13.1 Å². The standard InChI is InChI=1S/C14H13ClF3N5S2/c15-9-3-4-11(10(7-9)14(16,17)18)23-12(19-20-21-23)8-25-13(24)22-5-1-2-6-22/h3-4,7H,1-2,5-6,8H2. The van der Waals surface area contributed by atoms with Gasteiger partial charge in [0.25, 0.3) is 0 Å². The first-order valence-electron chi connectivity index (χ1n) is 7.42. The van der Waals surface area contributed by atoms with Gasteiger partial charge < -0.3 is 4.90 Å². The van der Waals surface area contributed by atoms with E-state index < -0.39 is 11.7 Å². The predicted molar refractivity (Wildman–Crippen MR) is 93.9 cm³/mol. The van der Waals surface area contributed by atoms with Crippen LogP contribution in [0.1, 0.15) is 24.2 Å². The summed E-state index contributed by atoms with van der Waals surface area (Å²) in [6.45, 7) is 1.82. The number of aromatic nitrogens is 4. The van der Waals surface area contributed by atoms with Crippen LogP contribution in [0.2, 0.25) is 5.02 Å². The number of alkyl halides is 3. The third kappa shape index (κ3) is 4.24. The van der Waals surface area contributed by atoms with Crippen LogP contribution in [0.15, 0.2) is 18.2 Å². The van der Waals surface area contributed by atoms with Gasteiger partial charge in [0.05, 0.1) is 17.0 Å². The summed E-state index contributed by atoms with van der Waals surface area (Å²) in [7, 11) is 0. The molecule has 1 aliphatic rings. The van der Waals surface area contributed by atoms with Gasteiger partial charge in [-0.1, -0.05) is 35.6 Å². The summed E-state index contributed by atoms with van der Waals surface area (Å²) in [4.78, 5) is 2.08. The summed E-state index contributed by atoms with van der Waals surface area (Å²) in [5, 5.41) is 11.1. The molecule has 2 aromatic rings. The second-order valence-electron chi connectivity index (χ2n) is 5.41. The van der Waals surface area contributed by atoms with Crippen molar-refractivity contribution in [1.82, 2.24) is 25.1 Å². The number of thioether (sulfide) groups is 1. The highest BCUT2D eigenvalue weighted by atomic mass is 35.5. The molecular weight excluding hydrogens is 395 g/mol. The van der Waals surface area contributed by atoms with Crippen LogP contribution in [-0.4, -0.2) is 42.5 Å². The average molecular weight is 408 g/mol. The average Bonchev–Trinajstić information content (AvgIpc) is 3.23. The Morgan fingerprint density at radius 2 is 2.00 bits per heavy atom. The van der Waals surface area contributed by atoms with E-state index in [1.54, 1.807) is 0 Å². The molecular formula is C14H13ClF3N5S2. The summed E-state index contributed by atoms with van der Waals surface area (Å²) < 4.78 is 41.7. The van der Waals surface area contributed by atoms with E-state index in [9.17, 15) is 13.2 Å². The molecule has 1 aromatic heterocycles. The van der Waals surface area contributed by atoms with Crippen molar-refractivity contribution in [3.63, 3.8) is 0 Å². The fourth-order valence-electron chi connectivity index (χ4n) is 2.52. The van der Waals surface area contributed by atoms with Crippen LogP contribution in [-0.2, 0) is 11.9 Å². The molecule has 0 spiro atoms. The van der Waals surface area contributed by atoms with Gasteiger partial charge in [0.15, 0.2) is 5.82 Å². The zero-order valence-corrected chi connectivity index (χ0v) is 15.2. The molecule has 0 atom stereocenters. The first-order chi connectivity index (χ1) is 11.9. The number of thiocarbonyl (C=S) groups is 1. The SMILES string of the molecule is FC(F)(F)c1cc(Cl)ccc1-n1nnnc1CSC(=S)N1CCCC1. The molecule has 0 unspecified atom stereocenters. The maximum absolute atomic E-state index is 13.3. The Kier molecular flexibility index (Phi) is 5.49. The first-order valence-corrected chi connectivity index (χ1v) is 9.19. The third-order valence-electron chi connectivity index (χ3n) is 3.72. The van der Waals surface area contributed by atoms with Crippen LogP contribution < -0.4 is 0 Å². The van der Waals surface area contributed by atoms with Crippen molar-refractivity contribution in [3.8, 4) is 5.69 Å². The Balaban J connectivity index is 1.83. The highest BCUT2D eigenvalue weighted by Crippen LogP contribution is 2.35. The van der Waals surface area contributed by atoms with Crippen molar-refractivity contribution < 1.29 is 13.2 Å². The van der Waals surface area contributed by atoms with E-state index in [-0.39, 0.29) is 16.5 Å². The molecule has 0 bridgehead atoms. The van der Waals surface area contributed by atoms with Gasteiger partial charge in [-0.3, -0.25) is 0 Å². The molecule has 1 aromatic carbocycles. The first kappa shape index (κ1) is 18.4. The molecule has 1 fully saturated rings. The molecule has 3 rings (SSSR count). The molecule has 0 radical (unpaired) electrons. The highest BCUT2D eigenvalue weighted by molar-refractivity contribution is 8.22. The smallest absolute Gasteiger partial charge is 0.358 e. The lowest BCUT2D eigenvalue weighted by molar-refractivity contribution is -0.137. The molecule has 1 aliphatic heterocycles. The molecule has 2 heterocycles. The van der Waals surface area contributed by atoms with E-state index in [1.807, 2.05) is 0 Å². The number of rotatable bonds is 3. The van der Waals surface area contributed by atoms with Gasteiger partial charge in [-0.05, 0) is 41.5 Å². The Hall–Kier alpha value is -1.39. The molecule has 0 N–H and O–H groups in total. The summed E-state index contributed by atoms with van der Waals surface area (Å²) >= 11 is 12.4. The number of hydrogen-bond donors (Lipinski definition) is 0. The molecule has 25 heavy (non-hydrogen) atoms. The van der Waals surface area contributed by atoms with Crippen molar-refractivity contribution in [3.05, 3.63) is 34.6 Å². The van der Waals surface area contributed by atoms with E-state index >= 15 is 0 Å². The Morgan fingerprint density at radius 1 is 1.28 bits per heavy atom. The number of tetrazole rings is 1. The normalized spacial score (nSPS) is 15.0. The lowest BCUT2D eigenvalue weighted by atomic mass is 10.1. The second kappa shape index (κ2) is 7.46. The van der Waals surface area contributed by atoms with Gasteiger partial charge in [0, 0.05) is 18.1 Å². The van der Waals surface area contributed by atoms with Crippen LogP contribution in [0.3, 0.4) is 0 Å². The molecule has 1 saturated heterocycles. The third-order valence-corrected chi connectivity index (χ3v) is 5.47. The van der Waals surface area contributed by atoms with Crippen LogP contribution >= 0.6 is 35.6 Å². The minimum absolute atomic E-state index is 0.00437. The summed E-state index contributed by atoms with van der Waals surface area (Å²) in [6.07, 6.45) is -2.38. The second-order valence-corrected chi connectivity index (χ2v) is 7.46. The predicted octanol–water partition coefficient (Wildman–Crippen LogP) is 3.95. The Labute approximate surface area is 156 Å². The van der Waals surface area contributed by atoms with Gasteiger partial charge in [-0.15, -0.1) is 5.10 Å². The largest absolute Gasteiger partial charge is 0.418 e. The van der Waals surface area contributed by atoms with Crippen molar-refractivity contribution >= 4 is 39.9 Å². The van der Waals surface area contributed by atoms with E-state index in [1.165, 1.54) is 23.9 Å². The minimum atomic E-state index is -4.57. The van der Waals surface area contributed by atoms with Crippen molar-refractivity contribution in [2.45, 2.75) is 24.8 Å². The van der Waals surface area contributed by atoms with Crippen molar-refractivity contribution in [2.24, 2.45) is 0 Å². The molecule has 0 saturated carbocycles. The topological polar surface area (TPSA) is 46.8 Å². The number of likely N-dealkylation sites (tertiary alicyclic amines) is 1. The quantitative estimate of drug-likeness (QED) is 0.718. The van der Waals surface area contributed by atoms with Crippen LogP contribution in [0.5, 0.6) is 0 Å². The zero-order chi connectivity index (χ0) is 18.0. The van der Waals surface area contributed by atoms with Gasteiger partial charge >= 0.3 is 6.18 Å². The fourth-order valence-corrected chi connectivity index (χ4v) is 3.85. The van der Waals surface area contributed by atoms with Gasteiger partial charge in [0.1, 0.15) is 4.32 Å². The monoisotopic (exact) mass is 407 g/mol. The van der Waals surface area contributed by atoms with E-state index in [0.29, 0.717) is 10.1 Å². The van der Waals surface area contributed by atoms with Gasteiger partial charge in [-0.2, -0.15) is 17.9 Å². The number of halogens is 4. The number of benzene rings is 1. The molecule has 0 aliphatic carbocycles. The van der Waals surface area contributed by atoms with Gasteiger partial charge in [0.2, 0.25) is 0 Å². The Bertz CT molecular complexity index is 774. The van der Waals surface area contributed by atoms with E-state index in [0.717, 1.165) is 36.7 Å². The zero-order valence-electron chi connectivity index (χ0n) is 12.8. The minimum Gasteiger partial charge on any atom is -0.358 e. The molecule has 0 amide bonds. The number of nitrogens with zero attached hydrogens (tertiary/aromatic N) is 5. The fraction of sp³-hybridized carbons (Fsp3) is 0.429. The van der Waals surface area contributed by atoms with E-state index in [2.05, 4.69) is 20.4 Å². The summed E-state index contributed by atoms with van der Waals surface area (Å²) in [5.74, 6) is 0.571. The summed E-state index contributed by atoms with van der Waals surface area (Å²) in [5.41, 5.74) is -1.05. The van der Waals surface area contributed by atoms with E-state index in [4.69, 9.17) is 23.8 Å². The van der Waals surface area contributed by atoms with Gasteiger partial charge in [-0.25, -0.2) is 0 Å². The molecule has 11 heteroatoms. The van der Waals surface area contributed by atoms with Crippen LogP contribution in [0, 0.1) is 0 Å². The molecule has 134 valence electrons. The van der Waals surface area contributed by atoms with Crippen LogP contribution in [0.4, 0.5) is 13.2 Å². The molecule has 5 nitrogen and oxygen atoms in total.